The molecule has 4 aromatic rings. The van der Waals surface area contributed by atoms with Gasteiger partial charge in [-0.3, -0.25) is 0 Å². The van der Waals surface area contributed by atoms with Gasteiger partial charge < -0.3 is 14.0 Å². The summed E-state index contributed by atoms with van der Waals surface area (Å²) < 4.78 is 14.4. The van der Waals surface area contributed by atoms with Crippen molar-refractivity contribution in [3.05, 3.63) is 88.7 Å². The molecule has 3 aromatic carbocycles. The molecule has 1 aromatic heterocycles. The first-order chi connectivity index (χ1) is 15.5. The van der Waals surface area contributed by atoms with Crippen molar-refractivity contribution in [1.29, 1.82) is 0 Å². The van der Waals surface area contributed by atoms with Gasteiger partial charge in [0.15, 0.2) is 11.9 Å². The van der Waals surface area contributed by atoms with E-state index in [0.29, 0.717) is 6.61 Å². The summed E-state index contributed by atoms with van der Waals surface area (Å²) in [6, 6.07) is 22.2. The molecule has 4 nitrogen and oxygen atoms in total. The predicted molar refractivity (Wildman–Crippen MR) is 131 cm³/mol. The van der Waals surface area contributed by atoms with Gasteiger partial charge >= 0.3 is 0 Å². The van der Waals surface area contributed by atoms with E-state index in [2.05, 4.69) is 41.8 Å². The fraction of sp³-hybridized carbons (Fsp3) is 0.296. The largest absolute Gasteiger partial charge is 0.494 e. The zero-order chi connectivity index (χ0) is 22.5. The van der Waals surface area contributed by atoms with Gasteiger partial charge in [0.2, 0.25) is 0 Å². The molecule has 0 bridgehead atoms. The van der Waals surface area contributed by atoms with Crippen LogP contribution >= 0.6 is 11.6 Å². The summed E-state index contributed by atoms with van der Waals surface area (Å²) in [6.07, 6.45) is 1.77. The second-order valence-electron chi connectivity index (χ2n) is 8.15. The number of nitrogens with zero attached hydrogens (tertiary/aromatic N) is 2. The quantitative estimate of drug-likeness (QED) is 0.252. The lowest BCUT2D eigenvalue weighted by Gasteiger charge is -2.17. The molecule has 0 fully saturated rings. The fourth-order valence-corrected chi connectivity index (χ4v) is 3.90. The van der Waals surface area contributed by atoms with E-state index in [4.69, 9.17) is 26.1 Å². The Bertz CT molecular complexity index is 1180. The maximum absolute atomic E-state index is 6.23. The van der Waals surface area contributed by atoms with Crippen molar-refractivity contribution in [3.8, 4) is 11.5 Å². The molecule has 166 valence electrons. The van der Waals surface area contributed by atoms with Crippen molar-refractivity contribution in [3.63, 3.8) is 0 Å². The lowest BCUT2D eigenvalue weighted by Crippen LogP contribution is -2.13. The highest BCUT2D eigenvalue weighted by molar-refractivity contribution is 6.31. The van der Waals surface area contributed by atoms with Crippen LogP contribution in [-0.4, -0.2) is 16.2 Å². The number of hydrogen-bond acceptors (Lipinski definition) is 3. The topological polar surface area (TPSA) is 36.3 Å². The zero-order valence-corrected chi connectivity index (χ0v) is 19.6. The molecular weight excluding hydrogens is 420 g/mol. The first-order valence-corrected chi connectivity index (χ1v) is 11.5. The van der Waals surface area contributed by atoms with E-state index in [1.807, 2.05) is 50.2 Å². The van der Waals surface area contributed by atoms with Gasteiger partial charge in [0.05, 0.1) is 17.6 Å². The second kappa shape index (κ2) is 10.1. The Labute approximate surface area is 194 Å². The van der Waals surface area contributed by atoms with E-state index in [-0.39, 0.29) is 6.10 Å². The normalized spacial score (nSPS) is 12.1. The Balaban J connectivity index is 1.43. The van der Waals surface area contributed by atoms with Crippen LogP contribution in [0.15, 0.2) is 66.7 Å². The lowest BCUT2D eigenvalue weighted by atomic mass is 10.2. The van der Waals surface area contributed by atoms with Crippen LogP contribution in [0.25, 0.3) is 11.0 Å². The number of ether oxygens (including phenoxy) is 2. The van der Waals surface area contributed by atoms with Gasteiger partial charge in [-0.2, -0.15) is 0 Å². The lowest BCUT2D eigenvalue weighted by molar-refractivity contribution is 0.210. The van der Waals surface area contributed by atoms with Crippen molar-refractivity contribution in [1.82, 2.24) is 9.55 Å². The van der Waals surface area contributed by atoms with Gasteiger partial charge in [-0.25, -0.2) is 4.98 Å². The Kier molecular flexibility index (Phi) is 7.01. The van der Waals surface area contributed by atoms with Crippen LogP contribution in [0.3, 0.4) is 0 Å². The Morgan fingerprint density at radius 2 is 1.69 bits per heavy atom. The summed E-state index contributed by atoms with van der Waals surface area (Å²) >= 11 is 6.16. The van der Waals surface area contributed by atoms with Crippen molar-refractivity contribution < 1.29 is 9.47 Å². The number of fused-ring (bicyclic) bond motifs is 1. The number of hydrogen-bond donors (Lipinski definition) is 0. The van der Waals surface area contributed by atoms with E-state index < -0.39 is 0 Å². The average Bonchev–Trinajstić information content (AvgIpc) is 3.16. The average molecular weight is 449 g/mol. The van der Waals surface area contributed by atoms with E-state index in [9.17, 15) is 0 Å². The summed E-state index contributed by atoms with van der Waals surface area (Å²) in [5.41, 5.74) is 4.35. The second-order valence-corrected chi connectivity index (χ2v) is 8.56. The number of rotatable bonds is 9. The van der Waals surface area contributed by atoms with Gasteiger partial charge in [-0.1, -0.05) is 41.4 Å². The summed E-state index contributed by atoms with van der Waals surface area (Å²) in [5.74, 6) is 2.65. The third kappa shape index (κ3) is 5.25. The molecule has 0 aliphatic heterocycles. The van der Waals surface area contributed by atoms with Crippen LogP contribution in [-0.2, 0) is 6.54 Å². The van der Waals surface area contributed by atoms with Gasteiger partial charge in [0.1, 0.15) is 11.5 Å². The number of aromatic nitrogens is 2. The van der Waals surface area contributed by atoms with Gasteiger partial charge in [0, 0.05) is 11.6 Å². The SMILES string of the molecule is Cc1ccc(OCCCCn2c(C(C)Oc3ccc(Cl)c(C)c3)nc3ccccc32)cc1. The first kappa shape index (κ1) is 22.2. The minimum absolute atomic E-state index is 0.188. The molecule has 0 radical (unpaired) electrons. The van der Waals surface area contributed by atoms with Crippen molar-refractivity contribution in [2.75, 3.05) is 6.61 Å². The van der Waals surface area contributed by atoms with Crippen LogP contribution in [0.1, 0.15) is 42.8 Å². The summed E-state index contributed by atoms with van der Waals surface area (Å²) in [6.45, 7) is 7.66. The molecule has 0 amide bonds. The first-order valence-electron chi connectivity index (χ1n) is 11.1. The van der Waals surface area contributed by atoms with Gasteiger partial charge in [-0.15, -0.1) is 0 Å². The van der Waals surface area contributed by atoms with Crippen LogP contribution < -0.4 is 9.47 Å². The van der Waals surface area contributed by atoms with Crippen LogP contribution in [0.5, 0.6) is 11.5 Å². The van der Waals surface area contributed by atoms with Gasteiger partial charge in [0.25, 0.3) is 0 Å². The van der Waals surface area contributed by atoms with E-state index in [0.717, 1.165) is 58.3 Å². The molecule has 1 atom stereocenters. The summed E-state index contributed by atoms with van der Waals surface area (Å²) in [7, 11) is 0. The summed E-state index contributed by atoms with van der Waals surface area (Å²) in [5, 5.41) is 0.741. The van der Waals surface area contributed by atoms with Crippen LogP contribution in [0, 0.1) is 13.8 Å². The minimum Gasteiger partial charge on any atom is -0.494 e. The van der Waals surface area contributed by atoms with E-state index in [1.165, 1.54) is 5.56 Å². The molecule has 0 N–H and O–H groups in total. The Hall–Kier alpha value is -2.98. The highest BCUT2D eigenvalue weighted by Crippen LogP contribution is 2.28. The van der Waals surface area contributed by atoms with Crippen molar-refractivity contribution >= 4 is 22.6 Å². The number of imidazole rings is 1. The predicted octanol–water partition coefficient (Wildman–Crippen LogP) is 7.31. The third-order valence-corrected chi connectivity index (χ3v) is 5.98. The molecule has 5 heteroatoms. The van der Waals surface area contributed by atoms with Gasteiger partial charge in [-0.05, 0) is 81.6 Å². The monoisotopic (exact) mass is 448 g/mol. The number of halogens is 1. The van der Waals surface area contributed by atoms with E-state index in [1.54, 1.807) is 0 Å². The zero-order valence-electron chi connectivity index (χ0n) is 18.8. The molecule has 1 unspecified atom stereocenters. The van der Waals surface area contributed by atoms with Crippen LogP contribution in [0.2, 0.25) is 5.02 Å². The maximum atomic E-state index is 6.23. The molecular formula is C27H29ClN2O2. The third-order valence-electron chi connectivity index (χ3n) is 5.56. The number of para-hydroxylation sites is 2. The standard InChI is InChI=1S/C27H29ClN2O2/c1-19-10-12-22(13-11-19)31-17-7-6-16-30-26-9-5-4-8-25(26)29-27(30)21(3)32-23-14-15-24(28)20(2)18-23/h4-5,8-15,18,21H,6-7,16-17H2,1-3H3. The molecule has 0 aliphatic carbocycles. The highest BCUT2D eigenvalue weighted by Gasteiger charge is 2.18. The Morgan fingerprint density at radius 3 is 2.47 bits per heavy atom. The fourth-order valence-electron chi connectivity index (χ4n) is 3.78. The molecule has 0 aliphatic rings. The molecule has 0 spiro atoms. The molecule has 32 heavy (non-hydrogen) atoms. The van der Waals surface area contributed by atoms with Crippen molar-refractivity contribution in [2.24, 2.45) is 0 Å². The highest BCUT2D eigenvalue weighted by atomic mass is 35.5. The number of unbranched alkanes of at least 4 members (excludes halogenated alkanes) is 1. The number of benzene rings is 3. The summed E-state index contributed by atoms with van der Waals surface area (Å²) in [4.78, 5) is 4.88. The molecule has 0 saturated carbocycles. The molecule has 4 rings (SSSR count). The minimum atomic E-state index is -0.188. The number of aryl methyl sites for hydroxylation is 3. The maximum Gasteiger partial charge on any atom is 0.153 e. The molecule has 0 saturated heterocycles. The van der Waals surface area contributed by atoms with Crippen LogP contribution in [0.4, 0.5) is 0 Å². The Morgan fingerprint density at radius 1 is 0.938 bits per heavy atom. The molecule has 1 heterocycles. The van der Waals surface area contributed by atoms with Crippen molar-refractivity contribution in [2.45, 2.75) is 46.3 Å². The van der Waals surface area contributed by atoms with E-state index >= 15 is 0 Å². The smallest absolute Gasteiger partial charge is 0.153 e.